The smallest absolute Gasteiger partial charge is 0.295 e. The van der Waals surface area contributed by atoms with Gasteiger partial charge in [0.1, 0.15) is 11.5 Å². The topological polar surface area (TPSA) is 70.1 Å². The van der Waals surface area contributed by atoms with E-state index >= 15 is 0 Å². The van der Waals surface area contributed by atoms with E-state index in [9.17, 15) is 14.7 Å². The summed E-state index contributed by atoms with van der Waals surface area (Å²) < 4.78 is 6.11. The Hall–Kier alpha value is -2.64. The highest BCUT2D eigenvalue weighted by atomic mass is 79.9. The normalized spacial score (nSPS) is 17.2. The number of carbonyl (C=O) groups is 2. The lowest BCUT2D eigenvalue weighted by Crippen LogP contribution is -2.34. The molecular weight excluding hydrogens is 520 g/mol. The molecule has 0 aromatic heterocycles. The van der Waals surface area contributed by atoms with Crippen LogP contribution >= 0.6 is 15.9 Å². The second kappa shape index (κ2) is 13.6. The number of halogens is 1. The summed E-state index contributed by atoms with van der Waals surface area (Å²) in [6.07, 6.45) is 5.35. The highest BCUT2D eigenvalue weighted by Gasteiger charge is 2.45. The van der Waals surface area contributed by atoms with E-state index in [1.165, 1.54) is 0 Å². The maximum absolute atomic E-state index is 13.2. The molecule has 6 nitrogen and oxygen atoms in total. The fourth-order valence-corrected chi connectivity index (χ4v) is 4.83. The van der Waals surface area contributed by atoms with E-state index in [-0.39, 0.29) is 11.3 Å². The number of rotatable bonds is 13. The quantitative estimate of drug-likeness (QED) is 0.181. The molecule has 0 unspecified atom stereocenters. The molecule has 1 amide bonds. The molecule has 1 saturated heterocycles. The number of aliphatic hydroxyl groups is 1. The van der Waals surface area contributed by atoms with E-state index in [0.29, 0.717) is 17.9 Å². The largest absolute Gasteiger partial charge is 0.507 e. The second-order valence-corrected chi connectivity index (χ2v) is 10.1. The number of methoxy groups -OCH3 is 1. The number of ether oxygens (including phenoxy) is 1. The molecule has 0 radical (unpaired) electrons. The molecule has 7 heteroatoms. The molecule has 0 aliphatic carbocycles. The number of amides is 1. The number of unbranched alkanes of at least 4 members (excludes halogenated alkanes) is 2. The van der Waals surface area contributed by atoms with Crippen molar-refractivity contribution in [2.24, 2.45) is 0 Å². The van der Waals surface area contributed by atoms with Gasteiger partial charge < -0.3 is 19.6 Å². The number of likely N-dealkylation sites (tertiary alicyclic amines) is 1. The average Bonchev–Trinajstić information content (AvgIpc) is 3.15. The molecule has 2 aromatic rings. The minimum atomic E-state index is -0.648. The van der Waals surface area contributed by atoms with Gasteiger partial charge in [0.15, 0.2) is 0 Å². The molecule has 1 aliphatic rings. The monoisotopic (exact) mass is 556 g/mol. The maximum Gasteiger partial charge on any atom is 0.295 e. The molecule has 36 heavy (non-hydrogen) atoms. The van der Waals surface area contributed by atoms with Gasteiger partial charge in [-0.3, -0.25) is 9.59 Å². The van der Waals surface area contributed by atoms with Crippen molar-refractivity contribution in [3.8, 4) is 5.75 Å². The van der Waals surface area contributed by atoms with Crippen LogP contribution in [0.15, 0.2) is 58.6 Å². The van der Waals surface area contributed by atoms with Gasteiger partial charge in [-0.05, 0) is 80.9 Å². The second-order valence-electron chi connectivity index (χ2n) is 9.17. The third-order valence-corrected chi connectivity index (χ3v) is 7.15. The minimum Gasteiger partial charge on any atom is -0.507 e. The van der Waals surface area contributed by atoms with Crippen LogP contribution in [-0.4, -0.2) is 59.9 Å². The molecule has 0 spiro atoms. The van der Waals surface area contributed by atoms with Gasteiger partial charge in [0.05, 0.1) is 18.7 Å². The van der Waals surface area contributed by atoms with Crippen LogP contribution in [0.5, 0.6) is 5.75 Å². The molecule has 1 aliphatic heterocycles. The first-order valence-corrected chi connectivity index (χ1v) is 13.6. The van der Waals surface area contributed by atoms with Gasteiger partial charge in [-0.2, -0.15) is 0 Å². The minimum absolute atomic E-state index is 0.126. The van der Waals surface area contributed by atoms with Gasteiger partial charge in [-0.15, -0.1) is 0 Å². The van der Waals surface area contributed by atoms with Crippen LogP contribution in [-0.2, 0) is 9.59 Å². The SMILES string of the molecule is CCCCN(CCCC)CCCN1C(=O)C(=O)C(=C(O)c2ccc(OC)cc2)[C@H]1c1ccc(Br)cc1. The van der Waals surface area contributed by atoms with Crippen molar-refractivity contribution < 1.29 is 19.4 Å². The number of hydrogen-bond acceptors (Lipinski definition) is 5. The molecule has 0 saturated carbocycles. The lowest BCUT2D eigenvalue weighted by molar-refractivity contribution is -0.140. The van der Waals surface area contributed by atoms with E-state index in [2.05, 4.69) is 34.7 Å². The summed E-state index contributed by atoms with van der Waals surface area (Å²) in [7, 11) is 1.57. The zero-order valence-electron chi connectivity index (χ0n) is 21.5. The number of ketones is 1. The zero-order valence-corrected chi connectivity index (χ0v) is 23.1. The fourth-order valence-electron chi connectivity index (χ4n) is 4.57. The molecule has 3 rings (SSSR count). The third-order valence-electron chi connectivity index (χ3n) is 6.62. The Morgan fingerprint density at radius 3 is 2.08 bits per heavy atom. The van der Waals surface area contributed by atoms with Crippen LogP contribution in [0, 0.1) is 0 Å². The standard InChI is InChI=1S/C29H37BrN2O4/c1-4-6-17-31(18-7-5-2)19-8-20-32-26(21-9-13-23(30)14-10-21)25(28(34)29(32)35)27(33)22-11-15-24(36-3)16-12-22/h9-16,26,33H,4-8,17-20H2,1-3H3/t26-/m1/s1. The van der Waals surface area contributed by atoms with Gasteiger partial charge in [0.25, 0.3) is 11.7 Å². The highest BCUT2D eigenvalue weighted by Crippen LogP contribution is 2.40. The lowest BCUT2D eigenvalue weighted by Gasteiger charge is -2.27. The van der Waals surface area contributed by atoms with E-state index in [0.717, 1.165) is 61.8 Å². The van der Waals surface area contributed by atoms with Crippen LogP contribution in [0.25, 0.3) is 5.76 Å². The van der Waals surface area contributed by atoms with Crippen molar-refractivity contribution in [2.45, 2.75) is 52.0 Å². The summed E-state index contributed by atoms with van der Waals surface area (Å²) in [6, 6.07) is 13.8. The first-order chi connectivity index (χ1) is 17.4. The predicted molar refractivity (Wildman–Crippen MR) is 147 cm³/mol. The number of nitrogens with zero attached hydrogens (tertiary/aromatic N) is 2. The maximum atomic E-state index is 13.2. The molecule has 1 atom stereocenters. The zero-order chi connectivity index (χ0) is 26.1. The Labute approximate surface area is 223 Å². The Kier molecular flexibility index (Phi) is 10.6. The molecule has 1 heterocycles. The molecule has 1 fully saturated rings. The van der Waals surface area contributed by atoms with Crippen molar-refractivity contribution in [1.82, 2.24) is 9.80 Å². The van der Waals surface area contributed by atoms with Crippen molar-refractivity contribution in [3.63, 3.8) is 0 Å². The number of aliphatic hydroxyl groups excluding tert-OH is 1. The van der Waals surface area contributed by atoms with Crippen molar-refractivity contribution >= 4 is 33.4 Å². The lowest BCUT2D eigenvalue weighted by atomic mass is 9.95. The molecule has 194 valence electrons. The highest BCUT2D eigenvalue weighted by molar-refractivity contribution is 9.10. The number of Topliss-reactive ketones (excluding diaryl/α,β-unsaturated/α-hetero) is 1. The Balaban J connectivity index is 1.90. The van der Waals surface area contributed by atoms with Crippen molar-refractivity contribution in [1.29, 1.82) is 0 Å². The Morgan fingerprint density at radius 1 is 0.944 bits per heavy atom. The third kappa shape index (κ3) is 6.77. The van der Waals surface area contributed by atoms with Crippen molar-refractivity contribution in [3.05, 3.63) is 69.7 Å². The predicted octanol–water partition coefficient (Wildman–Crippen LogP) is 6.17. The van der Waals surface area contributed by atoms with E-state index in [4.69, 9.17) is 4.74 Å². The fraction of sp³-hybridized carbons (Fsp3) is 0.448. The summed E-state index contributed by atoms with van der Waals surface area (Å²) in [5.74, 6) is -0.734. The van der Waals surface area contributed by atoms with Gasteiger partial charge in [-0.1, -0.05) is 54.8 Å². The summed E-state index contributed by atoms with van der Waals surface area (Å²) in [6.45, 7) is 7.79. The number of carbonyl (C=O) groups excluding carboxylic acids is 2. The first-order valence-electron chi connectivity index (χ1n) is 12.8. The molecule has 0 bridgehead atoms. The molecular formula is C29H37BrN2O4. The average molecular weight is 558 g/mol. The van der Waals surface area contributed by atoms with Gasteiger partial charge in [-0.25, -0.2) is 0 Å². The van der Waals surface area contributed by atoms with Crippen molar-refractivity contribution in [2.75, 3.05) is 33.3 Å². The molecule has 1 N–H and O–H groups in total. The van der Waals surface area contributed by atoms with E-state index in [1.807, 2.05) is 24.3 Å². The van der Waals surface area contributed by atoms with Crippen LogP contribution in [0.2, 0.25) is 0 Å². The van der Waals surface area contributed by atoms with Gasteiger partial charge in [0.2, 0.25) is 0 Å². The van der Waals surface area contributed by atoms with Crippen LogP contribution in [0.4, 0.5) is 0 Å². The van der Waals surface area contributed by atoms with E-state index in [1.54, 1.807) is 36.3 Å². The van der Waals surface area contributed by atoms with E-state index < -0.39 is 17.7 Å². The summed E-state index contributed by atoms with van der Waals surface area (Å²) >= 11 is 3.46. The molecule has 2 aromatic carbocycles. The summed E-state index contributed by atoms with van der Waals surface area (Å²) in [5, 5.41) is 11.2. The van der Waals surface area contributed by atoms with Crippen LogP contribution in [0.1, 0.15) is 63.1 Å². The number of benzene rings is 2. The Bertz CT molecular complexity index is 1040. The number of hydrogen-bond donors (Lipinski definition) is 1. The Morgan fingerprint density at radius 2 is 1.53 bits per heavy atom. The van der Waals surface area contributed by atoms with Crippen LogP contribution < -0.4 is 4.74 Å². The van der Waals surface area contributed by atoms with Gasteiger partial charge in [0, 0.05) is 16.6 Å². The summed E-state index contributed by atoms with van der Waals surface area (Å²) in [4.78, 5) is 30.5. The first kappa shape index (κ1) is 27.9. The summed E-state index contributed by atoms with van der Waals surface area (Å²) in [5.41, 5.74) is 1.39. The van der Waals surface area contributed by atoms with Crippen LogP contribution in [0.3, 0.4) is 0 Å². The van der Waals surface area contributed by atoms with Gasteiger partial charge >= 0.3 is 0 Å².